The van der Waals surface area contributed by atoms with Crippen molar-refractivity contribution >= 4 is 0 Å². The molecule has 0 spiro atoms. The van der Waals surface area contributed by atoms with Crippen molar-refractivity contribution in [3.8, 4) is 0 Å². The van der Waals surface area contributed by atoms with Crippen LogP contribution in [0.1, 0.15) is 33.1 Å². The third kappa shape index (κ3) is 4.40. The minimum atomic E-state index is 0.381. The van der Waals surface area contributed by atoms with E-state index in [1.54, 1.807) is 0 Å². The molecule has 0 saturated carbocycles. The van der Waals surface area contributed by atoms with Crippen LogP contribution in [0.3, 0.4) is 0 Å². The van der Waals surface area contributed by atoms with Crippen LogP contribution in [0.4, 0.5) is 0 Å². The van der Waals surface area contributed by atoms with Gasteiger partial charge in [0, 0.05) is 25.9 Å². The average molecular weight is 201 g/mol. The smallest absolute Gasteiger partial charge is 0.0700 e. The van der Waals surface area contributed by atoms with Crippen molar-refractivity contribution < 1.29 is 9.47 Å². The zero-order valence-corrected chi connectivity index (χ0v) is 9.42. The van der Waals surface area contributed by atoms with Crippen molar-refractivity contribution in [1.82, 2.24) is 5.32 Å². The molecule has 1 heterocycles. The van der Waals surface area contributed by atoms with Crippen LogP contribution >= 0.6 is 0 Å². The summed E-state index contributed by atoms with van der Waals surface area (Å²) >= 11 is 0. The first kappa shape index (κ1) is 12.0. The normalized spacial score (nSPS) is 27.0. The van der Waals surface area contributed by atoms with E-state index < -0.39 is 0 Å². The Morgan fingerprint density at radius 3 is 2.93 bits per heavy atom. The van der Waals surface area contributed by atoms with Gasteiger partial charge in [-0.1, -0.05) is 6.92 Å². The fourth-order valence-corrected chi connectivity index (χ4v) is 1.71. The summed E-state index contributed by atoms with van der Waals surface area (Å²) in [6, 6.07) is 0.557. The Labute approximate surface area is 87.2 Å². The summed E-state index contributed by atoms with van der Waals surface area (Å²) in [5.41, 5.74) is 0. The van der Waals surface area contributed by atoms with Crippen LogP contribution in [0.15, 0.2) is 0 Å². The molecule has 1 aliphatic rings. The fourth-order valence-electron chi connectivity index (χ4n) is 1.71. The van der Waals surface area contributed by atoms with E-state index in [4.69, 9.17) is 9.47 Å². The van der Waals surface area contributed by atoms with Crippen molar-refractivity contribution in [3.05, 3.63) is 0 Å². The minimum Gasteiger partial charge on any atom is -0.381 e. The van der Waals surface area contributed by atoms with Crippen molar-refractivity contribution in [2.45, 2.75) is 45.3 Å². The molecule has 2 atom stereocenters. The lowest BCUT2D eigenvalue weighted by Crippen LogP contribution is -2.35. The lowest BCUT2D eigenvalue weighted by molar-refractivity contribution is 0.110. The Morgan fingerprint density at radius 1 is 1.43 bits per heavy atom. The van der Waals surface area contributed by atoms with E-state index in [1.165, 1.54) is 0 Å². The Balaban J connectivity index is 1.88. The zero-order valence-electron chi connectivity index (χ0n) is 9.42. The Hall–Kier alpha value is -0.120. The molecule has 3 nitrogen and oxygen atoms in total. The lowest BCUT2D eigenvalue weighted by Gasteiger charge is -2.15. The maximum Gasteiger partial charge on any atom is 0.0700 e. The molecule has 0 aromatic rings. The molecule has 0 radical (unpaired) electrons. The fraction of sp³-hybridized carbons (Fsp3) is 1.00. The molecule has 14 heavy (non-hydrogen) atoms. The molecule has 0 bridgehead atoms. The van der Waals surface area contributed by atoms with Gasteiger partial charge in [0.25, 0.3) is 0 Å². The second kappa shape index (κ2) is 7.21. The molecule has 0 aromatic carbocycles. The van der Waals surface area contributed by atoms with Gasteiger partial charge in [0.2, 0.25) is 0 Å². The van der Waals surface area contributed by atoms with E-state index in [9.17, 15) is 0 Å². The van der Waals surface area contributed by atoms with Crippen LogP contribution in [0, 0.1) is 0 Å². The summed E-state index contributed by atoms with van der Waals surface area (Å²) in [6.45, 7) is 7.99. The van der Waals surface area contributed by atoms with Crippen LogP contribution < -0.4 is 5.32 Å². The van der Waals surface area contributed by atoms with E-state index in [0.29, 0.717) is 12.1 Å². The summed E-state index contributed by atoms with van der Waals surface area (Å²) in [5, 5.41) is 3.50. The van der Waals surface area contributed by atoms with Gasteiger partial charge in [0.05, 0.1) is 6.10 Å². The summed E-state index contributed by atoms with van der Waals surface area (Å²) in [7, 11) is 0. The predicted octanol–water partition coefficient (Wildman–Crippen LogP) is 1.57. The average Bonchev–Trinajstić information content (AvgIpc) is 2.58. The van der Waals surface area contributed by atoms with Gasteiger partial charge in [0.1, 0.15) is 0 Å². The highest BCUT2D eigenvalue weighted by atomic mass is 16.5. The molecule has 0 aliphatic carbocycles. The van der Waals surface area contributed by atoms with Crippen LogP contribution in [0.25, 0.3) is 0 Å². The minimum absolute atomic E-state index is 0.381. The molecule has 1 rings (SSSR count). The number of rotatable bonds is 7. The van der Waals surface area contributed by atoms with E-state index in [2.05, 4.69) is 19.2 Å². The first-order valence-electron chi connectivity index (χ1n) is 5.77. The van der Waals surface area contributed by atoms with Gasteiger partial charge in [-0.3, -0.25) is 0 Å². The molecular weight excluding hydrogens is 178 g/mol. The lowest BCUT2D eigenvalue weighted by atomic mass is 10.1. The van der Waals surface area contributed by atoms with Crippen LogP contribution in [0.2, 0.25) is 0 Å². The monoisotopic (exact) mass is 201 g/mol. The molecule has 1 saturated heterocycles. The standard InChI is InChI=1S/C11H23NO2/c1-3-7-13-8-4-6-12-11-5-9-14-10(11)2/h10-12H,3-9H2,1-2H3. The third-order valence-corrected chi connectivity index (χ3v) is 2.60. The summed E-state index contributed by atoms with van der Waals surface area (Å²) in [5.74, 6) is 0. The van der Waals surface area contributed by atoms with Gasteiger partial charge >= 0.3 is 0 Å². The van der Waals surface area contributed by atoms with Gasteiger partial charge in [-0.2, -0.15) is 0 Å². The SMILES string of the molecule is CCCOCCCNC1CCOC1C. The maximum atomic E-state index is 5.47. The van der Waals surface area contributed by atoms with Crippen LogP contribution in [-0.2, 0) is 9.47 Å². The Bertz CT molecular complexity index is 141. The highest BCUT2D eigenvalue weighted by molar-refractivity contribution is 4.78. The molecule has 3 heteroatoms. The summed E-state index contributed by atoms with van der Waals surface area (Å²) in [6.07, 6.45) is 3.74. The number of ether oxygens (including phenoxy) is 2. The number of nitrogens with one attached hydrogen (secondary N) is 1. The Kier molecular flexibility index (Phi) is 6.15. The van der Waals surface area contributed by atoms with Crippen LogP contribution in [0.5, 0.6) is 0 Å². The second-order valence-electron chi connectivity index (χ2n) is 3.89. The van der Waals surface area contributed by atoms with Crippen LogP contribution in [-0.4, -0.2) is 38.5 Å². The second-order valence-corrected chi connectivity index (χ2v) is 3.89. The van der Waals surface area contributed by atoms with Gasteiger partial charge in [0.15, 0.2) is 0 Å². The quantitative estimate of drug-likeness (QED) is 0.634. The highest BCUT2D eigenvalue weighted by Gasteiger charge is 2.22. The zero-order chi connectivity index (χ0) is 10.2. The van der Waals surface area contributed by atoms with Gasteiger partial charge < -0.3 is 14.8 Å². The molecule has 0 aromatic heterocycles. The van der Waals surface area contributed by atoms with E-state index >= 15 is 0 Å². The van der Waals surface area contributed by atoms with E-state index in [0.717, 1.165) is 45.6 Å². The number of hydrogen-bond acceptors (Lipinski definition) is 3. The van der Waals surface area contributed by atoms with Crippen molar-refractivity contribution in [2.24, 2.45) is 0 Å². The maximum absolute atomic E-state index is 5.47. The molecule has 1 N–H and O–H groups in total. The number of hydrogen-bond donors (Lipinski definition) is 1. The van der Waals surface area contributed by atoms with Crippen molar-refractivity contribution in [2.75, 3.05) is 26.4 Å². The first-order chi connectivity index (χ1) is 6.84. The molecule has 84 valence electrons. The van der Waals surface area contributed by atoms with Crippen molar-refractivity contribution in [3.63, 3.8) is 0 Å². The van der Waals surface area contributed by atoms with E-state index in [-0.39, 0.29) is 0 Å². The van der Waals surface area contributed by atoms with Gasteiger partial charge in [-0.05, 0) is 32.7 Å². The first-order valence-corrected chi connectivity index (χ1v) is 5.77. The molecule has 2 unspecified atom stereocenters. The molecule has 0 amide bonds. The molecular formula is C11H23NO2. The third-order valence-electron chi connectivity index (χ3n) is 2.60. The van der Waals surface area contributed by atoms with Gasteiger partial charge in [-0.15, -0.1) is 0 Å². The molecule has 1 aliphatic heterocycles. The van der Waals surface area contributed by atoms with Crippen molar-refractivity contribution in [1.29, 1.82) is 0 Å². The summed E-state index contributed by atoms with van der Waals surface area (Å²) < 4.78 is 10.9. The van der Waals surface area contributed by atoms with Gasteiger partial charge in [-0.25, -0.2) is 0 Å². The largest absolute Gasteiger partial charge is 0.381 e. The van der Waals surface area contributed by atoms with E-state index in [1.807, 2.05) is 0 Å². The molecule has 1 fully saturated rings. The predicted molar refractivity (Wildman–Crippen MR) is 57.5 cm³/mol. The summed E-state index contributed by atoms with van der Waals surface area (Å²) in [4.78, 5) is 0. The topological polar surface area (TPSA) is 30.5 Å². The highest BCUT2D eigenvalue weighted by Crippen LogP contribution is 2.12. The Morgan fingerprint density at radius 2 is 2.29 bits per heavy atom.